The standard InChI is InChI=1S/C17H21N5S/c1-11(2)16-18-8-13-9-21(5-4-14(13)20-16)10-15-12(3)19-17-22(15)6-7-23-17/h6-8,11H,4-5,9-10H2,1-3H3. The van der Waals surface area contributed by atoms with Crippen LogP contribution in [0, 0.1) is 6.92 Å². The molecule has 1 aliphatic heterocycles. The molecule has 5 nitrogen and oxygen atoms in total. The Bertz CT molecular complexity index is 848. The smallest absolute Gasteiger partial charge is 0.194 e. The minimum Gasteiger partial charge on any atom is -0.293 e. The van der Waals surface area contributed by atoms with Gasteiger partial charge in [-0.25, -0.2) is 15.0 Å². The molecule has 0 atom stereocenters. The molecule has 1 aliphatic rings. The van der Waals surface area contributed by atoms with Gasteiger partial charge < -0.3 is 0 Å². The van der Waals surface area contributed by atoms with Crippen LogP contribution >= 0.6 is 11.3 Å². The quantitative estimate of drug-likeness (QED) is 0.741. The summed E-state index contributed by atoms with van der Waals surface area (Å²) in [5.41, 5.74) is 4.92. The van der Waals surface area contributed by atoms with Crippen molar-refractivity contribution in [3.63, 3.8) is 0 Å². The second-order valence-corrected chi connectivity index (χ2v) is 7.39. The van der Waals surface area contributed by atoms with Crippen molar-refractivity contribution >= 4 is 16.3 Å². The van der Waals surface area contributed by atoms with Crippen LogP contribution in [0.5, 0.6) is 0 Å². The normalized spacial score (nSPS) is 15.5. The minimum atomic E-state index is 0.389. The number of imidazole rings is 1. The van der Waals surface area contributed by atoms with Crippen LogP contribution in [0.2, 0.25) is 0 Å². The van der Waals surface area contributed by atoms with Gasteiger partial charge in [-0.3, -0.25) is 9.30 Å². The Morgan fingerprint density at radius 1 is 1.30 bits per heavy atom. The number of rotatable bonds is 3. The predicted octanol–water partition coefficient (Wildman–Crippen LogP) is 3.18. The number of aromatic nitrogens is 4. The molecule has 0 aliphatic carbocycles. The van der Waals surface area contributed by atoms with Crippen molar-refractivity contribution in [2.75, 3.05) is 6.54 Å². The van der Waals surface area contributed by atoms with E-state index in [2.05, 4.69) is 51.6 Å². The molecule has 0 aromatic carbocycles. The summed E-state index contributed by atoms with van der Waals surface area (Å²) >= 11 is 1.69. The molecule has 0 unspecified atom stereocenters. The minimum absolute atomic E-state index is 0.389. The van der Waals surface area contributed by atoms with E-state index in [4.69, 9.17) is 4.98 Å². The maximum Gasteiger partial charge on any atom is 0.194 e. The highest BCUT2D eigenvalue weighted by atomic mass is 32.1. The van der Waals surface area contributed by atoms with Crippen LogP contribution < -0.4 is 0 Å². The van der Waals surface area contributed by atoms with Crippen LogP contribution in [0.3, 0.4) is 0 Å². The van der Waals surface area contributed by atoms with E-state index in [9.17, 15) is 0 Å². The lowest BCUT2D eigenvalue weighted by molar-refractivity contribution is 0.238. The third kappa shape index (κ3) is 2.66. The molecule has 3 aromatic rings. The van der Waals surface area contributed by atoms with Gasteiger partial charge in [-0.2, -0.15) is 0 Å². The summed E-state index contributed by atoms with van der Waals surface area (Å²) in [7, 11) is 0. The van der Waals surface area contributed by atoms with Gasteiger partial charge in [0.1, 0.15) is 5.82 Å². The number of hydrogen-bond donors (Lipinski definition) is 0. The van der Waals surface area contributed by atoms with Gasteiger partial charge in [0.05, 0.1) is 11.4 Å². The van der Waals surface area contributed by atoms with E-state index in [1.54, 1.807) is 11.3 Å². The highest BCUT2D eigenvalue weighted by Crippen LogP contribution is 2.23. The van der Waals surface area contributed by atoms with Crippen LogP contribution in [-0.4, -0.2) is 30.8 Å². The molecule has 0 fully saturated rings. The second kappa shape index (κ2) is 5.69. The monoisotopic (exact) mass is 327 g/mol. The SMILES string of the molecule is Cc1nc2sccn2c1CN1CCc2nc(C(C)C)ncc2C1. The first-order valence-electron chi connectivity index (χ1n) is 8.10. The molecule has 23 heavy (non-hydrogen) atoms. The first-order valence-corrected chi connectivity index (χ1v) is 8.98. The van der Waals surface area contributed by atoms with E-state index in [1.165, 1.54) is 17.0 Å². The van der Waals surface area contributed by atoms with Crippen molar-refractivity contribution in [3.8, 4) is 0 Å². The zero-order chi connectivity index (χ0) is 16.0. The Balaban J connectivity index is 1.56. The maximum absolute atomic E-state index is 4.75. The van der Waals surface area contributed by atoms with Gasteiger partial charge in [0.25, 0.3) is 0 Å². The summed E-state index contributed by atoms with van der Waals surface area (Å²) in [5.74, 6) is 1.35. The molecule has 4 rings (SSSR count). The number of fused-ring (bicyclic) bond motifs is 2. The average Bonchev–Trinajstić information content (AvgIpc) is 3.09. The second-order valence-electron chi connectivity index (χ2n) is 6.51. The van der Waals surface area contributed by atoms with Gasteiger partial charge in [0.2, 0.25) is 0 Å². The fraction of sp³-hybridized carbons (Fsp3) is 0.471. The zero-order valence-corrected chi connectivity index (χ0v) is 14.6. The van der Waals surface area contributed by atoms with Gasteiger partial charge in [-0.05, 0) is 6.92 Å². The number of aryl methyl sites for hydroxylation is 1. The Morgan fingerprint density at radius 2 is 2.17 bits per heavy atom. The van der Waals surface area contributed by atoms with E-state index in [-0.39, 0.29) is 0 Å². The zero-order valence-electron chi connectivity index (χ0n) is 13.8. The molecule has 3 aromatic heterocycles. The van der Waals surface area contributed by atoms with Crippen LogP contribution in [0.15, 0.2) is 17.8 Å². The highest BCUT2D eigenvalue weighted by molar-refractivity contribution is 7.15. The molecule has 0 saturated carbocycles. The Hall–Kier alpha value is -1.79. The van der Waals surface area contributed by atoms with E-state index in [0.29, 0.717) is 5.92 Å². The molecular weight excluding hydrogens is 306 g/mol. The van der Waals surface area contributed by atoms with Crippen LogP contribution in [0.1, 0.15) is 48.2 Å². The predicted molar refractivity (Wildman–Crippen MR) is 91.7 cm³/mol. The lowest BCUT2D eigenvalue weighted by atomic mass is 10.1. The third-order valence-electron chi connectivity index (χ3n) is 4.48. The summed E-state index contributed by atoms with van der Waals surface area (Å²) < 4.78 is 2.22. The fourth-order valence-corrected chi connectivity index (χ4v) is 3.92. The third-order valence-corrected chi connectivity index (χ3v) is 5.24. The van der Waals surface area contributed by atoms with Gasteiger partial charge in [0, 0.05) is 61.0 Å². The first-order chi connectivity index (χ1) is 11.1. The van der Waals surface area contributed by atoms with Crippen molar-refractivity contribution in [2.24, 2.45) is 0 Å². The van der Waals surface area contributed by atoms with Crippen molar-refractivity contribution in [3.05, 3.63) is 46.2 Å². The lowest BCUT2D eigenvalue weighted by Gasteiger charge is -2.28. The summed E-state index contributed by atoms with van der Waals surface area (Å²) in [6.07, 6.45) is 5.14. The molecule has 4 heterocycles. The van der Waals surface area contributed by atoms with E-state index in [0.717, 1.165) is 42.5 Å². The van der Waals surface area contributed by atoms with E-state index in [1.807, 2.05) is 6.20 Å². The van der Waals surface area contributed by atoms with Crippen molar-refractivity contribution in [1.82, 2.24) is 24.3 Å². The molecule has 120 valence electrons. The first kappa shape index (κ1) is 14.8. The van der Waals surface area contributed by atoms with Gasteiger partial charge in [-0.15, -0.1) is 11.3 Å². The molecule has 0 amide bonds. The Kier molecular flexibility index (Phi) is 3.66. The summed E-state index contributed by atoms with van der Waals surface area (Å²) in [4.78, 5) is 17.5. The van der Waals surface area contributed by atoms with Crippen molar-refractivity contribution < 1.29 is 0 Å². The van der Waals surface area contributed by atoms with E-state index < -0.39 is 0 Å². The van der Waals surface area contributed by atoms with Gasteiger partial charge >= 0.3 is 0 Å². The average molecular weight is 327 g/mol. The van der Waals surface area contributed by atoms with Crippen molar-refractivity contribution in [1.29, 1.82) is 0 Å². The summed E-state index contributed by atoms with van der Waals surface area (Å²) in [5, 5.41) is 2.10. The van der Waals surface area contributed by atoms with Gasteiger partial charge in [-0.1, -0.05) is 13.8 Å². The van der Waals surface area contributed by atoms with Crippen LogP contribution in [0.25, 0.3) is 4.96 Å². The topological polar surface area (TPSA) is 46.3 Å². The molecule has 0 saturated heterocycles. The number of hydrogen-bond acceptors (Lipinski definition) is 5. The molecule has 6 heteroatoms. The van der Waals surface area contributed by atoms with Gasteiger partial charge in [0.15, 0.2) is 4.96 Å². The van der Waals surface area contributed by atoms with Crippen LogP contribution in [0.4, 0.5) is 0 Å². The molecule has 0 radical (unpaired) electrons. The Morgan fingerprint density at radius 3 is 3.00 bits per heavy atom. The molecule has 0 N–H and O–H groups in total. The molecule has 0 spiro atoms. The summed E-state index contributed by atoms with van der Waals surface area (Å²) in [6.45, 7) is 9.28. The molecular formula is C17H21N5S. The summed E-state index contributed by atoms with van der Waals surface area (Å²) in [6, 6.07) is 0. The number of thiazole rings is 1. The Labute approximate surface area is 140 Å². The fourth-order valence-electron chi connectivity index (χ4n) is 3.15. The number of nitrogens with zero attached hydrogens (tertiary/aromatic N) is 5. The largest absolute Gasteiger partial charge is 0.293 e. The van der Waals surface area contributed by atoms with Crippen molar-refractivity contribution in [2.45, 2.75) is 46.2 Å². The van der Waals surface area contributed by atoms with Crippen LogP contribution in [-0.2, 0) is 19.5 Å². The van der Waals surface area contributed by atoms with E-state index >= 15 is 0 Å². The molecule has 0 bridgehead atoms. The lowest BCUT2D eigenvalue weighted by Crippen LogP contribution is -2.31. The maximum atomic E-state index is 4.75. The highest BCUT2D eigenvalue weighted by Gasteiger charge is 2.21.